The minimum Gasteiger partial charge on any atom is -0.340 e. The number of amides is 1. The van der Waals surface area contributed by atoms with Gasteiger partial charge in [-0.3, -0.25) is 4.79 Å². The fraction of sp³-hybridized carbons (Fsp3) is 0.917. The lowest BCUT2D eigenvalue weighted by atomic mass is 9.85. The molecule has 1 rings (SSSR count). The molecule has 1 heterocycles. The lowest BCUT2D eigenvalue weighted by Crippen LogP contribution is -2.48. The maximum atomic E-state index is 12.3. The predicted molar refractivity (Wildman–Crippen MR) is 68.5 cm³/mol. The Balaban J connectivity index is 2.59. The van der Waals surface area contributed by atoms with Gasteiger partial charge in [0, 0.05) is 18.5 Å². The van der Waals surface area contributed by atoms with E-state index in [1.54, 1.807) is 4.90 Å². The summed E-state index contributed by atoms with van der Waals surface area (Å²) in [6.07, 6.45) is 2.97. The van der Waals surface area contributed by atoms with E-state index >= 15 is 0 Å². The first kappa shape index (κ1) is 14.5. The Kier molecular flexibility index (Phi) is 4.58. The van der Waals surface area contributed by atoms with Crippen LogP contribution in [0.15, 0.2) is 0 Å². The molecule has 5 heteroatoms. The van der Waals surface area contributed by atoms with Gasteiger partial charge in [-0.25, -0.2) is 8.42 Å². The van der Waals surface area contributed by atoms with Crippen molar-refractivity contribution in [2.45, 2.75) is 40.0 Å². The fourth-order valence-electron chi connectivity index (χ4n) is 2.07. The number of carbonyl (C=O) groups excluding carboxylic acids is 1. The Morgan fingerprint density at radius 2 is 1.76 bits per heavy atom. The second kappa shape index (κ2) is 5.38. The van der Waals surface area contributed by atoms with Gasteiger partial charge in [0.05, 0.1) is 11.5 Å². The zero-order valence-corrected chi connectivity index (χ0v) is 11.8. The number of carbonyl (C=O) groups is 1. The molecular formula is C12H23NO3S. The first-order valence-corrected chi connectivity index (χ1v) is 8.10. The molecule has 0 aromatic heterocycles. The van der Waals surface area contributed by atoms with E-state index < -0.39 is 9.84 Å². The maximum absolute atomic E-state index is 12.3. The topological polar surface area (TPSA) is 54.5 Å². The van der Waals surface area contributed by atoms with E-state index in [1.807, 2.05) is 13.8 Å². The molecule has 0 atom stereocenters. The van der Waals surface area contributed by atoms with Crippen LogP contribution in [0.3, 0.4) is 0 Å². The minimum atomic E-state index is -2.91. The van der Waals surface area contributed by atoms with Crippen molar-refractivity contribution < 1.29 is 13.2 Å². The molecule has 0 saturated carbocycles. The van der Waals surface area contributed by atoms with Crippen molar-refractivity contribution in [3.05, 3.63) is 0 Å². The van der Waals surface area contributed by atoms with Crippen molar-refractivity contribution in [1.29, 1.82) is 0 Å². The molecule has 4 nitrogen and oxygen atoms in total. The summed E-state index contributed by atoms with van der Waals surface area (Å²) in [5.41, 5.74) is -0.364. The van der Waals surface area contributed by atoms with Crippen molar-refractivity contribution in [2.24, 2.45) is 5.41 Å². The monoisotopic (exact) mass is 261 g/mol. The van der Waals surface area contributed by atoms with Gasteiger partial charge in [0.15, 0.2) is 9.84 Å². The van der Waals surface area contributed by atoms with Gasteiger partial charge in [-0.15, -0.1) is 0 Å². The average molecular weight is 261 g/mol. The van der Waals surface area contributed by atoms with Crippen molar-refractivity contribution in [2.75, 3.05) is 24.6 Å². The lowest BCUT2D eigenvalue weighted by molar-refractivity contribution is -0.140. The highest BCUT2D eigenvalue weighted by Gasteiger charge is 2.34. The van der Waals surface area contributed by atoms with Crippen LogP contribution in [0, 0.1) is 5.41 Å². The van der Waals surface area contributed by atoms with Crippen LogP contribution in [0.25, 0.3) is 0 Å². The molecule has 1 fully saturated rings. The third-order valence-corrected chi connectivity index (χ3v) is 4.98. The quantitative estimate of drug-likeness (QED) is 0.770. The van der Waals surface area contributed by atoms with Crippen LogP contribution in [-0.2, 0) is 14.6 Å². The van der Waals surface area contributed by atoms with Gasteiger partial charge in [0.1, 0.15) is 0 Å². The van der Waals surface area contributed by atoms with Crippen molar-refractivity contribution >= 4 is 15.7 Å². The van der Waals surface area contributed by atoms with Crippen LogP contribution >= 0.6 is 0 Å². The van der Waals surface area contributed by atoms with E-state index in [-0.39, 0.29) is 22.8 Å². The maximum Gasteiger partial charge on any atom is 0.228 e. The summed E-state index contributed by atoms with van der Waals surface area (Å²) in [4.78, 5) is 14.0. The van der Waals surface area contributed by atoms with E-state index in [0.29, 0.717) is 13.1 Å². The first-order valence-electron chi connectivity index (χ1n) is 6.28. The first-order chi connectivity index (χ1) is 7.78. The Hall–Kier alpha value is -0.580. The molecule has 100 valence electrons. The largest absolute Gasteiger partial charge is 0.340 e. The normalized spacial score (nSPS) is 20.3. The van der Waals surface area contributed by atoms with Crippen LogP contribution in [-0.4, -0.2) is 43.8 Å². The van der Waals surface area contributed by atoms with Gasteiger partial charge in [-0.05, 0) is 6.42 Å². The highest BCUT2D eigenvalue weighted by atomic mass is 32.2. The summed E-state index contributed by atoms with van der Waals surface area (Å²) in [5.74, 6) is 0.325. The molecule has 1 amide bonds. The second-order valence-corrected chi connectivity index (χ2v) is 7.74. The molecule has 1 aliphatic rings. The SMILES string of the molecule is CCCCC(C)(C)C(=O)N1CCS(=O)(=O)CC1. The molecule has 0 spiro atoms. The van der Waals surface area contributed by atoms with Crippen LogP contribution in [0.4, 0.5) is 0 Å². The molecule has 0 unspecified atom stereocenters. The van der Waals surface area contributed by atoms with Crippen molar-refractivity contribution in [3.63, 3.8) is 0 Å². The molecule has 0 aliphatic carbocycles. The zero-order valence-electron chi connectivity index (χ0n) is 11.0. The smallest absolute Gasteiger partial charge is 0.228 e. The summed E-state index contributed by atoms with van der Waals surface area (Å²) in [6, 6.07) is 0. The Morgan fingerprint density at radius 1 is 1.24 bits per heavy atom. The van der Waals surface area contributed by atoms with E-state index in [4.69, 9.17) is 0 Å². The number of rotatable bonds is 4. The second-order valence-electron chi connectivity index (χ2n) is 5.43. The van der Waals surface area contributed by atoms with Gasteiger partial charge in [0.25, 0.3) is 0 Å². The molecule has 1 aliphatic heterocycles. The van der Waals surface area contributed by atoms with Gasteiger partial charge in [-0.1, -0.05) is 33.6 Å². The van der Waals surface area contributed by atoms with Crippen LogP contribution < -0.4 is 0 Å². The molecule has 0 bridgehead atoms. The molecule has 17 heavy (non-hydrogen) atoms. The summed E-state index contributed by atoms with van der Waals surface area (Å²) in [7, 11) is -2.91. The number of nitrogens with zero attached hydrogens (tertiary/aromatic N) is 1. The minimum absolute atomic E-state index is 0.0980. The molecular weight excluding hydrogens is 238 g/mol. The molecule has 0 aromatic rings. The average Bonchev–Trinajstić information content (AvgIpc) is 2.25. The number of hydrogen-bond acceptors (Lipinski definition) is 3. The third-order valence-electron chi connectivity index (χ3n) is 3.37. The highest BCUT2D eigenvalue weighted by molar-refractivity contribution is 7.91. The van der Waals surface area contributed by atoms with E-state index in [0.717, 1.165) is 19.3 Å². The van der Waals surface area contributed by atoms with Gasteiger partial charge in [-0.2, -0.15) is 0 Å². The summed E-state index contributed by atoms with van der Waals surface area (Å²) >= 11 is 0. The Labute approximate surface area is 104 Å². The van der Waals surface area contributed by atoms with Crippen LogP contribution in [0.2, 0.25) is 0 Å². The Bertz CT molecular complexity index is 359. The molecule has 1 saturated heterocycles. The van der Waals surface area contributed by atoms with E-state index in [9.17, 15) is 13.2 Å². The van der Waals surface area contributed by atoms with Gasteiger partial charge >= 0.3 is 0 Å². The zero-order chi connectivity index (χ0) is 13.1. The number of hydrogen-bond donors (Lipinski definition) is 0. The van der Waals surface area contributed by atoms with Gasteiger partial charge < -0.3 is 4.90 Å². The third kappa shape index (κ3) is 3.98. The molecule has 0 aromatic carbocycles. The van der Waals surface area contributed by atoms with Crippen LogP contribution in [0.1, 0.15) is 40.0 Å². The number of unbranched alkanes of at least 4 members (excludes halogenated alkanes) is 1. The summed E-state index contributed by atoms with van der Waals surface area (Å²) < 4.78 is 22.6. The lowest BCUT2D eigenvalue weighted by Gasteiger charge is -2.34. The van der Waals surface area contributed by atoms with Crippen LogP contribution in [0.5, 0.6) is 0 Å². The molecule has 0 radical (unpaired) electrons. The van der Waals surface area contributed by atoms with E-state index in [2.05, 4.69) is 6.92 Å². The van der Waals surface area contributed by atoms with Crippen molar-refractivity contribution in [1.82, 2.24) is 4.90 Å². The number of sulfone groups is 1. The molecule has 0 N–H and O–H groups in total. The summed E-state index contributed by atoms with van der Waals surface area (Å²) in [6.45, 7) is 6.73. The Morgan fingerprint density at radius 3 is 2.24 bits per heavy atom. The predicted octanol–water partition coefficient (Wildman–Crippen LogP) is 1.46. The standard InChI is InChI=1S/C12H23NO3S/c1-4-5-6-12(2,3)11(14)13-7-9-17(15,16)10-8-13/h4-10H2,1-3H3. The highest BCUT2D eigenvalue weighted by Crippen LogP contribution is 2.26. The fourth-order valence-corrected chi connectivity index (χ4v) is 3.27. The van der Waals surface area contributed by atoms with Gasteiger partial charge in [0.2, 0.25) is 5.91 Å². The summed E-state index contributed by atoms with van der Waals surface area (Å²) in [5, 5.41) is 0. The van der Waals surface area contributed by atoms with Crippen molar-refractivity contribution in [3.8, 4) is 0 Å². The van der Waals surface area contributed by atoms with E-state index in [1.165, 1.54) is 0 Å².